The molecule has 1 saturated heterocycles. The maximum Gasteiger partial charge on any atom is 0.0470 e. The molecule has 2 rings (SSSR count). The molecule has 0 bridgehead atoms. The monoisotopic (exact) mass is 275 g/mol. The standard InChI is InChI=1S/C17H29N3/c1-14-6-7-16(15(2)12-14)17(13-18)19(3)10-11-20-8-4-5-9-20/h6-7,12,17H,4-5,8-11,13,18H2,1-3H3. The molecule has 1 aliphatic rings. The average molecular weight is 275 g/mol. The Balaban J connectivity index is 1.98. The van der Waals surface area contributed by atoms with Crippen LogP contribution in [-0.4, -0.2) is 49.6 Å². The maximum atomic E-state index is 6.04. The van der Waals surface area contributed by atoms with E-state index in [-0.39, 0.29) is 0 Å². The van der Waals surface area contributed by atoms with Gasteiger partial charge in [0.25, 0.3) is 0 Å². The minimum absolute atomic E-state index is 0.332. The summed E-state index contributed by atoms with van der Waals surface area (Å²) in [4.78, 5) is 4.97. The molecule has 112 valence electrons. The van der Waals surface area contributed by atoms with Gasteiger partial charge in [-0.1, -0.05) is 23.8 Å². The lowest BCUT2D eigenvalue weighted by Crippen LogP contribution is -2.37. The number of benzene rings is 1. The molecule has 0 spiro atoms. The van der Waals surface area contributed by atoms with Crippen LogP contribution in [0.1, 0.15) is 35.6 Å². The molecule has 0 amide bonds. The molecular weight excluding hydrogens is 246 g/mol. The Morgan fingerprint density at radius 2 is 1.95 bits per heavy atom. The second-order valence-corrected chi connectivity index (χ2v) is 6.14. The summed E-state index contributed by atoms with van der Waals surface area (Å²) in [6.45, 7) is 9.81. The zero-order chi connectivity index (χ0) is 14.5. The SMILES string of the molecule is Cc1ccc(C(CN)N(C)CCN2CCCC2)c(C)c1. The van der Waals surface area contributed by atoms with Crippen LogP contribution in [0, 0.1) is 13.8 Å². The van der Waals surface area contributed by atoms with Crippen LogP contribution >= 0.6 is 0 Å². The van der Waals surface area contributed by atoms with Crippen molar-refractivity contribution in [2.24, 2.45) is 5.73 Å². The Morgan fingerprint density at radius 1 is 1.25 bits per heavy atom. The summed E-state index contributed by atoms with van der Waals surface area (Å²) in [6, 6.07) is 7.03. The smallest absolute Gasteiger partial charge is 0.0470 e. The summed E-state index contributed by atoms with van der Waals surface area (Å²) in [5, 5.41) is 0. The van der Waals surface area contributed by atoms with Crippen molar-refractivity contribution in [1.82, 2.24) is 9.80 Å². The summed E-state index contributed by atoms with van der Waals surface area (Å²) in [5.74, 6) is 0. The van der Waals surface area contributed by atoms with Gasteiger partial charge in [0, 0.05) is 25.7 Å². The highest BCUT2D eigenvalue weighted by molar-refractivity contribution is 5.33. The van der Waals surface area contributed by atoms with E-state index >= 15 is 0 Å². The van der Waals surface area contributed by atoms with Gasteiger partial charge in [-0.25, -0.2) is 0 Å². The lowest BCUT2D eigenvalue weighted by Gasteiger charge is -2.30. The van der Waals surface area contributed by atoms with E-state index in [1.165, 1.54) is 42.6 Å². The fraction of sp³-hybridized carbons (Fsp3) is 0.647. The molecule has 1 unspecified atom stereocenters. The van der Waals surface area contributed by atoms with Crippen LogP contribution in [0.3, 0.4) is 0 Å². The van der Waals surface area contributed by atoms with Crippen LogP contribution in [0.2, 0.25) is 0 Å². The van der Waals surface area contributed by atoms with Crippen molar-refractivity contribution in [3.63, 3.8) is 0 Å². The van der Waals surface area contributed by atoms with Crippen molar-refractivity contribution in [2.75, 3.05) is 39.8 Å². The molecule has 0 saturated carbocycles. The number of hydrogen-bond donors (Lipinski definition) is 1. The second kappa shape index (κ2) is 7.21. The van der Waals surface area contributed by atoms with Gasteiger partial charge in [0.05, 0.1) is 0 Å². The summed E-state index contributed by atoms with van der Waals surface area (Å²) in [7, 11) is 2.20. The fourth-order valence-corrected chi connectivity index (χ4v) is 3.21. The molecule has 1 heterocycles. The molecule has 1 aromatic rings. The molecule has 20 heavy (non-hydrogen) atoms. The van der Waals surface area contributed by atoms with E-state index in [9.17, 15) is 0 Å². The van der Waals surface area contributed by atoms with Gasteiger partial charge < -0.3 is 10.6 Å². The molecular formula is C17H29N3. The molecule has 3 nitrogen and oxygen atoms in total. The zero-order valence-electron chi connectivity index (χ0n) is 13.2. The van der Waals surface area contributed by atoms with Crippen LogP contribution in [0.25, 0.3) is 0 Å². The van der Waals surface area contributed by atoms with E-state index in [1.54, 1.807) is 0 Å². The molecule has 0 aliphatic carbocycles. The van der Waals surface area contributed by atoms with Gasteiger partial charge in [-0.05, 0) is 58.0 Å². The number of rotatable bonds is 6. The predicted molar refractivity (Wildman–Crippen MR) is 86.0 cm³/mol. The highest BCUT2D eigenvalue weighted by atomic mass is 15.2. The molecule has 1 aliphatic heterocycles. The largest absolute Gasteiger partial charge is 0.329 e. The lowest BCUT2D eigenvalue weighted by molar-refractivity contribution is 0.209. The van der Waals surface area contributed by atoms with Gasteiger partial charge in [-0.3, -0.25) is 4.90 Å². The van der Waals surface area contributed by atoms with Crippen molar-refractivity contribution in [3.05, 3.63) is 34.9 Å². The van der Waals surface area contributed by atoms with E-state index in [2.05, 4.69) is 48.9 Å². The van der Waals surface area contributed by atoms with Crippen LogP contribution in [0.5, 0.6) is 0 Å². The Kier molecular flexibility index (Phi) is 5.58. The minimum atomic E-state index is 0.332. The normalized spacial score (nSPS) is 17.9. The fourth-order valence-electron chi connectivity index (χ4n) is 3.21. The first-order chi connectivity index (χ1) is 9.61. The summed E-state index contributed by atoms with van der Waals surface area (Å²) in [6.07, 6.45) is 2.72. The van der Waals surface area contributed by atoms with Crippen molar-refractivity contribution < 1.29 is 0 Å². The quantitative estimate of drug-likeness (QED) is 0.865. The van der Waals surface area contributed by atoms with Crippen molar-refractivity contribution in [2.45, 2.75) is 32.7 Å². The van der Waals surface area contributed by atoms with Gasteiger partial charge in [0.15, 0.2) is 0 Å². The topological polar surface area (TPSA) is 32.5 Å². The molecule has 0 aromatic heterocycles. The van der Waals surface area contributed by atoms with E-state index < -0.39 is 0 Å². The third-order valence-electron chi connectivity index (χ3n) is 4.51. The Bertz CT molecular complexity index is 424. The summed E-state index contributed by atoms with van der Waals surface area (Å²) >= 11 is 0. The Labute approximate surface area is 123 Å². The first-order valence-electron chi connectivity index (χ1n) is 7.81. The van der Waals surface area contributed by atoms with Crippen LogP contribution in [0.15, 0.2) is 18.2 Å². The minimum Gasteiger partial charge on any atom is -0.329 e. The van der Waals surface area contributed by atoms with Gasteiger partial charge in [-0.2, -0.15) is 0 Å². The summed E-state index contributed by atoms with van der Waals surface area (Å²) in [5.41, 5.74) is 10.1. The molecule has 2 N–H and O–H groups in total. The number of likely N-dealkylation sites (N-methyl/N-ethyl adjacent to an activating group) is 1. The number of nitrogens with two attached hydrogens (primary N) is 1. The average Bonchev–Trinajstić information content (AvgIpc) is 2.93. The first kappa shape index (κ1) is 15.5. The maximum absolute atomic E-state index is 6.04. The molecule has 3 heteroatoms. The molecule has 1 atom stereocenters. The van der Waals surface area contributed by atoms with E-state index in [0.717, 1.165) is 13.1 Å². The summed E-state index contributed by atoms with van der Waals surface area (Å²) < 4.78 is 0. The number of aryl methyl sites for hydroxylation is 2. The number of hydrogen-bond acceptors (Lipinski definition) is 3. The number of likely N-dealkylation sites (tertiary alicyclic amines) is 1. The molecule has 1 fully saturated rings. The third kappa shape index (κ3) is 3.81. The van der Waals surface area contributed by atoms with Gasteiger partial charge in [0.2, 0.25) is 0 Å². The third-order valence-corrected chi connectivity index (χ3v) is 4.51. The molecule has 1 aromatic carbocycles. The highest BCUT2D eigenvalue weighted by Gasteiger charge is 2.19. The van der Waals surface area contributed by atoms with Crippen LogP contribution < -0.4 is 5.73 Å². The van der Waals surface area contributed by atoms with Gasteiger partial charge in [0.1, 0.15) is 0 Å². The van der Waals surface area contributed by atoms with Gasteiger partial charge in [-0.15, -0.1) is 0 Å². The highest BCUT2D eigenvalue weighted by Crippen LogP contribution is 2.23. The van der Waals surface area contributed by atoms with E-state index in [1.807, 2.05) is 0 Å². The Hall–Kier alpha value is -0.900. The van der Waals surface area contributed by atoms with E-state index in [0.29, 0.717) is 12.6 Å². The van der Waals surface area contributed by atoms with E-state index in [4.69, 9.17) is 5.73 Å². The van der Waals surface area contributed by atoms with Crippen molar-refractivity contribution in [3.8, 4) is 0 Å². The zero-order valence-corrected chi connectivity index (χ0v) is 13.2. The van der Waals surface area contributed by atoms with Crippen molar-refractivity contribution >= 4 is 0 Å². The number of nitrogens with zero attached hydrogens (tertiary/aromatic N) is 2. The molecule has 0 radical (unpaired) electrons. The Morgan fingerprint density at radius 3 is 2.55 bits per heavy atom. The van der Waals surface area contributed by atoms with Gasteiger partial charge >= 0.3 is 0 Å². The first-order valence-corrected chi connectivity index (χ1v) is 7.81. The van der Waals surface area contributed by atoms with Crippen molar-refractivity contribution in [1.29, 1.82) is 0 Å². The predicted octanol–water partition coefficient (Wildman–Crippen LogP) is 2.33. The van der Waals surface area contributed by atoms with Crippen LogP contribution in [0.4, 0.5) is 0 Å². The lowest BCUT2D eigenvalue weighted by atomic mass is 9.98. The van der Waals surface area contributed by atoms with Crippen LogP contribution in [-0.2, 0) is 0 Å². The second-order valence-electron chi connectivity index (χ2n) is 6.14.